The maximum atomic E-state index is 11.2. The molecule has 0 heterocycles. The van der Waals surface area contributed by atoms with Crippen molar-refractivity contribution in [1.82, 2.24) is 0 Å². The fraction of sp³-hybridized carbons (Fsp3) is 0.462. The van der Waals surface area contributed by atoms with Gasteiger partial charge in [0.25, 0.3) is 0 Å². The Balaban J connectivity index is 2.79. The number of rotatable bonds is 5. The summed E-state index contributed by atoms with van der Waals surface area (Å²) < 4.78 is 6.60. The molecule has 0 aliphatic rings. The van der Waals surface area contributed by atoms with E-state index in [2.05, 4.69) is 29.8 Å². The van der Waals surface area contributed by atoms with Crippen molar-refractivity contribution in [3.63, 3.8) is 0 Å². The van der Waals surface area contributed by atoms with Gasteiger partial charge in [0.2, 0.25) is 0 Å². The van der Waals surface area contributed by atoms with Gasteiger partial charge in [0.05, 0.1) is 10.6 Å². The zero-order chi connectivity index (χ0) is 12.1. The molecule has 0 saturated heterocycles. The van der Waals surface area contributed by atoms with Crippen LogP contribution in [0.25, 0.3) is 0 Å². The van der Waals surface area contributed by atoms with E-state index >= 15 is 0 Å². The lowest BCUT2D eigenvalue weighted by Gasteiger charge is -2.15. The standard InChI is InChI=1S/C13H17BrO2/c1-4-5-9(2)16-13-7-6-11(10(3)15)8-12(13)14/h6-9H,4-5H2,1-3H3. The molecule has 1 aromatic rings. The molecule has 0 fully saturated rings. The summed E-state index contributed by atoms with van der Waals surface area (Å²) in [6.07, 6.45) is 2.33. The van der Waals surface area contributed by atoms with Crippen molar-refractivity contribution in [3.8, 4) is 5.75 Å². The second-order valence-electron chi connectivity index (χ2n) is 3.92. The molecule has 0 N–H and O–H groups in total. The number of carbonyl (C=O) groups is 1. The van der Waals surface area contributed by atoms with E-state index in [1.807, 2.05) is 6.07 Å². The van der Waals surface area contributed by atoms with E-state index in [4.69, 9.17) is 4.74 Å². The monoisotopic (exact) mass is 284 g/mol. The fourth-order valence-corrected chi connectivity index (χ4v) is 1.97. The second-order valence-corrected chi connectivity index (χ2v) is 4.77. The van der Waals surface area contributed by atoms with Crippen molar-refractivity contribution in [3.05, 3.63) is 28.2 Å². The Labute approximate surface area is 105 Å². The molecule has 0 radical (unpaired) electrons. The van der Waals surface area contributed by atoms with E-state index in [0.29, 0.717) is 5.56 Å². The summed E-state index contributed by atoms with van der Waals surface area (Å²) in [5, 5.41) is 0. The van der Waals surface area contributed by atoms with Gasteiger partial charge in [-0.15, -0.1) is 0 Å². The van der Waals surface area contributed by atoms with E-state index in [-0.39, 0.29) is 11.9 Å². The van der Waals surface area contributed by atoms with Gasteiger partial charge in [0, 0.05) is 5.56 Å². The predicted molar refractivity (Wildman–Crippen MR) is 69.1 cm³/mol. The molecule has 2 nitrogen and oxygen atoms in total. The van der Waals surface area contributed by atoms with Crippen molar-refractivity contribution in [1.29, 1.82) is 0 Å². The summed E-state index contributed by atoms with van der Waals surface area (Å²) in [5.41, 5.74) is 0.697. The molecule has 16 heavy (non-hydrogen) atoms. The Kier molecular flexibility index (Phi) is 5.00. The first-order chi connectivity index (χ1) is 7.54. The summed E-state index contributed by atoms with van der Waals surface area (Å²) >= 11 is 3.42. The highest BCUT2D eigenvalue weighted by Gasteiger charge is 2.08. The molecular formula is C13H17BrO2. The molecular weight excluding hydrogens is 268 g/mol. The van der Waals surface area contributed by atoms with Crippen LogP contribution in [0.3, 0.4) is 0 Å². The Morgan fingerprint density at radius 2 is 2.19 bits per heavy atom. The SMILES string of the molecule is CCCC(C)Oc1ccc(C(C)=O)cc1Br. The molecule has 0 aliphatic heterocycles. The zero-order valence-electron chi connectivity index (χ0n) is 9.92. The van der Waals surface area contributed by atoms with Crippen LogP contribution in [-0.2, 0) is 0 Å². The Morgan fingerprint density at radius 3 is 2.69 bits per heavy atom. The van der Waals surface area contributed by atoms with E-state index in [1.165, 1.54) is 0 Å². The van der Waals surface area contributed by atoms with E-state index < -0.39 is 0 Å². The lowest BCUT2D eigenvalue weighted by Crippen LogP contribution is -2.11. The minimum absolute atomic E-state index is 0.0638. The maximum absolute atomic E-state index is 11.2. The van der Waals surface area contributed by atoms with Crippen LogP contribution in [0.5, 0.6) is 5.75 Å². The van der Waals surface area contributed by atoms with Crippen molar-refractivity contribution >= 4 is 21.7 Å². The van der Waals surface area contributed by atoms with Crippen LogP contribution in [0.15, 0.2) is 22.7 Å². The number of hydrogen-bond acceptors (Lipinski definition) is 2. The number of ketones is 1. The number of halogens is 1. The largest absolute Gasteiger partial charge is 0.490 e. The van der Waals surface area contributed by atoms with Crippen molar-refractivity contribution in [2.45, 2.75) is 39.7 Å². The smallest absolute Gasteiger partial charge is 0.159 e. The third kappa shape index (κ3) is 3.63. The summed E-state index contributed by atoms with van der Waals surface area (Å²) in [4.78, 5) is 11.2. The summed E-state index contributed by atoms with van der Waals surface area (Å²) in [6.45, 7) is 5.74. The summed E-state index contributed by atoms with van der Waals surface area (Å²) in [6, 6.07) is 5.43. The van der Waals surface area contributed by atoms with Crippen LogP contribution in [0.2, 0.25) is 0 Å². The third-order valence-corrected chi connectivity index (χ3v) is 2.98. The van der Waals surface area contributed by atoms with Gasteiger partial charge in [-0.2, -0.15) is 0 Å². The van der Waals surface area contributed by atoms with E-state index in [0.717, 1.165) is 23.1 Å². The van der Waals surface area contributed by atoms with Gasteiger partial charge in [-0.25, -0.2) is 0 Å². The Morgan fingerprint density at radius 1 is 1.50 bits per heavy atom. The first-order valence-corrected chi connectivity index (χ1v) is 6.31. The minimum Gasteiger partial charge on any atom is -0.490 e. The minimum atomic E-state index is 0.0638. The molecule has 1 atom stereocenters. The van der Waals surface area contributed by atoms with Gasteiger partial charge in [-0.1, -0.05) is 13.3 Å². The number of ether oxygens (including phenoxy) is 1. The van der Waals surface area contributed by atoms with Gasteiger partial charge < -0.3 is 4.74 Å². The highest BCUT2D eigenvalue weighted by molar-refractivity contribution is 9.10. The van der Waals surface area contributed by atoms with Crippen LogP contribution < -0.4 is 4.74 Å². The average Bonchev–Trinajstić information content (AvgIpc) is 2.21. The molecule has 0 bridgehead atoms. The van der Waals surface area contributed by atoms with Crippen molar-refractivity contribution < 1.29 is 9.53 Å². The molecule has 88 valence electrons. The van der Waals surface area contributed by atoms with Crippen LogP contribution in [0, 0.1) is 0 Å². The normalized spacial score (nSPS) is 12.2. The van der Waals surface area contributed by atoms with Gasteiger partial charge in [-0.05, 0) is 54.4 Å². The maximum Gasteiger partial charge on any atom is 0.159 e. The number of carbonyl (C=O) groups excluding carboxylic acids is 1. The quantitative estimate of drug-likeness (QED) is 0.757. The van der Waals surface area contributed by atoms with Crippen LogP contribution >= 0.6 is 15.9 Å². The van der Waals surface area contributed by atoms with Gasteiger partial charge in [0.1, 0.15) is 5.75 Å². The first-order valence-electron chi connectivity index (χ1n) is 5.51. The molecule has 0 saturated carbocycles. The predicted octanol–water partition coefficient (Wildman–Crippen LogP) is 4.22. The van der Waals surface area contributed by atoms with Gasteiger partial charge in [-0.3, -0.25) is 4.79 Å². The van der Waals surface area contributed by atoms with Crippen molar-refractivity contribution in [2.24, 2.45) is 0 Å². The molecule has 1 aromatic carbocycles. The average molecular weight is 285 g/mol. The molecule has 0 spiro atoms. The fourth-order valence-electron chi connectivity index (χ4n) is 1.50. The lowest BCUT2D eigenvalue weighted by atomic mass is 10.1. The highest BCUT2D eigenvalue weighted by Crippen LogP contribution is 2.27. The van der Waals surface area contributed by atoms with Crippen LogP contribution in [-0.4, -0.2) is 11.9 Å². The third-order valence-electron chi connectivity index (χ3n) is 2.36. The molecule has 0 amide bonds. The molecule has 1 rings (SSSR count). The van der Waals surface area contributed by atoms with E-state index in [1.54, 1.807) is 19.1 Å². The molecule has 3 heteroatoms. The number of Topliss-reactive ketones (excluding diaryl/α,β-unsaturated/α-hetero) is 1. The summed E-state index contributed by atoms with van der Waals surface area (Å²) in [7, 11) is 0. The molecule has 0 aliphatic carbocycles. The van der Waals surface area contributed by atoms with Gasteiger partial charge in [0.15, 0.2) is 5.78 Å². The first kappa shape index (κ1) is 13.2. The van der Waals surface area contributed by atoms with Crippen molar-refractivity contribution in [2.75, 3.05) is 0 Å². The Bertz CT molecular complexity index is 374. The lowest BCUT2D eigenvalue weighted by molar-refractivity contribution is 0.101. The number of hydrogen-bond donors (Lipinski definition) is 0. The van der Waals surface area contributed by atoms with Crippen LogP contribution in [0.4, 0.5) is 0 Å². The Hall–Kier alpha value is -0.830. The molecule has 0 aromatic heterocycles. The second kappa shape index (κ2) is 6.04. The highest BCUT2D eigenvalue weighted by atomic mass is 79.9. The van der Waals surface area contributed by atoms with E-state index in [9.17, 15) is 4.79 Å². The van der Waals surface area contributed by atoms with Crippen LogP contribution in [0.1, 0.15) is 44.0 Å². The zero-order valence-corrected chi connectivity index (χ0v) is 11.5. The van der Waals surface area contributed by atoms with Gasteiger partial charge >= 0.3 is 0 Å². The summed E-state index contributed by atoms with van der Waals surface area (Å²) in [5.74, 6) is 0.861. The molecule has 1 unspecified atom stereocenters. The number of benzene rings is 1. The topological polar surface area (TPSA) is 26.3 Å².